The number of nitrogens with zero attached hydrogens (tertiary/aromatic N) is 4. The van der Waals surface area contributed by atoms with Crippen LogP contribution in [0.15, 0.2) is 24.3 Å². The topological polar surface area (TPSA) is 83.3 Å². The quantitative estimate of drug-likeness (QED) is 0.863. The third-order valence-corrected chi connectivity index (χ3v) is 4.08. The Morgan fingerprint density at radius 2 is 1.96 bits per heavy atom. The zero-order chi connectivity index (χ0) is 16.2. The van der Waals surface area contributed by atoms with Gasteiger partial charge in [-0.15, -0.1) is 5.10 Å². The van der Waals surface area contributed by atoms with Crippen LogP contribution < -0.4 is 15.4 Å². The lowest BCUT2D eigenvalue weighted by atomic mass is 10.2. The molecular weight excluding hydrogens is 316 g/mol. The van der Waals surface area contributed by atoms with Gasteiger partial charge in [0.05, 0.1) is 0 Å². The summed E-state index contributed by atoms with van der Waals surface area (Å²) in [5.41, 5.74) is 5.55. The summed E-state index contributed by atoms with van der Waals surface area (Å²) in [4.78, 5) is 8.71. The predicted molar refractivity (Wildman–Crippen MR) is 91.0 cm³/mol. The Balaban J connectivity index is 1.45. The molecule has 2 heterocycles. The molecule has 3 N–H and O–H groups in total. The first-order valence-electron chi connectivity index (χ1n) is 7.67. The Bertz CT molecular complexity index is 623. The molecule has 0 bridgehead atoms. The van der Waals surface area contributed by atoms with Crippen LogP contribution in [0.25, 0.3) is 0 Å². The standard InChI is InChI=1S/C15H21ClN6O/c1-11(23-13-4-2-12(16)3-5-13)10-21-6-8-22(9-7-21)15-18-14(17)19-20-15/h2-5,11H,6-10H2,1H3,(H3,17,18,19,20)/t11-/m0/s1. The molecule has 0 unspecified atom stereocenters. The van der Waals surface area contributed by atoms with E-state index in [0.717, 1.165) is 44.4 Å². The molecule has 2 aromatic rings. The summed E-state index contributed by atoms with van der Waals surface area (Å²) in [5, 5.41) is 7.44. The average molecular weight is 337 g/mol. The number of ether oxygens (including phenoxy) is 1. The highest BCUT2D eigenvalue weighted by Crippen LogP contribution is 2.17. The van der Waals surface area contributed by atoms with Crippen molar-refractivity contribution < 1.29 is 4.74 Å². The van der Waals surface area contributed by atoms with Crippen LogP contribution in [-0.4, -0.2) is 58.9 Å². The molecule has 3 rings (SSSR count). The van der Waals surface area contributed by atoms with Gasteiger partial charge in [-0.1, -0.05) is 11.6 Å². The van der Waals surface area contributed by atoms with E-state index in [1.54, 1.807) is 0 Å². The summed E-state index contributed by atoms with van der Waals surface area (Å²) in [6.07, 6.45) is 0.114. The van der Waals surface area contributed by atoms with E-state index in [0.29, 0.717) is 5.02 Å². The van der Waals surface area contributed by atoms with Crippen LogP contribution in [0, 0.1) is 0 Å². The van der Waals surface area contributed by atoms with E-state index >= 15 is 0 Å². The van der Waals surface area contributed by atoms with E-state index in [9.17, 15) is 0 Å². The van der Waals surface area contributed by atoms with E-state index < -0.39 is 0 Å². The minimum Gasteiger partial charge on any atom is -0.489 e. The molecule has 0 amide bonds. The van der Waals surface area contributed by atoms with Crippen LogP contribution in [0.4, 0.5) is 11.9 Å². The molecule has 0 aliphatic carbocycles. The van der Waals surface area contributed by atoms with E-state index in [2.05, 4.69) is 31.9 Å². The molecule has 124 valence electrons. The first-order chi connectivity index (χ1) is 11.1. The molecule has 1 fully saturated rings. The molecule has 1 aromatic heterocycles. The minimum atomic E-state index is 0.114. The van der Waals surface area contributed by atoms with Gasteiger partial charge in [-0.3, -0.25) is 4.90 Å². The third-order valence-electron chi connectivity index (χ3n) is 3.83. The second-order valence-electron chi connectivity index (χ2n) is 5.69. The fraction of sp³-hybridized carbons (Fsp3) is 0.467. The average Bonchev–Trinajstić information content (AvgIpc) is 2.97. The van der Waals surface area contributed by atoms with Gasteiger partial charge in [0.1, 0.15) is 11.9 Å². The molecule has 8 heteroatoms. The lowest BCUT2D eigenvalue weighted by molar-refractivity contribution is 0.140. The maximum atomic E-state index is 5.93. The third kappa shape index (κ3) is 4.27. The number of H-pyrrole nitrogens is 1. The Hall–Kier alpha value is -1.99. The van der Waals surface area contributed by atoms with E-state index in [-0.39, 0.29) is 12.1 Å². The van der Waals surface area contributed by atoms with Crippen molar-refractivity contribution in [3.05, 3.63) is 29.3 Å². The van der Waals surface area contributed by atoms with Gasteiger partial charge in [-0.2, -0.15) is 4.98 Å². The smallest absolute Gasteiger partial charge is 0.241 e. The van der Waals surface area contributed by atoms with Crippen molar-refractivity contribution in [3.8, 4) is 5.75 Å². The molecule has 1 atom stereocenters. The number of nitrogen functional groups attached to an aromatic ring is 1. The molecule has 0 spiro atoms. The Morgan fingerprint density at radius 1 is 1.26 bits per heavy atom. The summed E-state index contributed by atoms with van der Waals surface area (Å²) in [5.74, 6) is 1.87. The molecule has 1 aromatic carbocycles. The number of hydrogen-bond acceptors (Lipinski definition) is 6. The molecule has 1 saturated heterocycles. The van der Waals surface area contributed by atoms with Crippen LogP contribution in [-0.2, 0) is 0 Å². The lowest BCUT2D eigenvalue weighted by Crippen LogP contribution is -2.49. The lowest BCUT2D eigenvalue weighted by Gasteiger charge is -2.35. The van der Waals surface area contributed by atoms with Crippen LogP contribution in [0.3, 0.4) is 0 Å². The Morgan fingerprint density at radius 3 is 2.57 bits per heavy atom. The summed E-state index contributed by atoms with van der Waals surface area (Å²) >= 11 is 5.88. The van der Waals surface area contributed by atoms with Crippen LogP contribution in [0.2, 0.25) is 5.02 Å². The van der Waals surface area contributed by atoms with Crippen molar-refractivity contribution in [2.45, 2.75) is 13.0 Å². The normalized spacial score (nSPS) is 17.2. The number of anilines is 2. The zero-order valence-electron chi connectivity index (χ0n) is 13.1. The maximum absolute atomic E-state index is 5.93. The van der Waals surface area contributed by atoms with Gasteiger partial charge >= 0.3 is 0 Å². The fourth-order valence-corrected chi connectivity index (χ4v) is 2.82. The Labute approximate surface area is 140 Å². The fourth-order valence-electron chi connectivity index (χ4n) is 2.70. The first-order valence-corrected chi connectivity index (χ1v) is 8.05. The van der Waals surface area contributed by atoms with Gasteiger partial charge in [0, 0.05) is 37.7 Å². The van der Waals surface area contributed by atoms with Crippen LogP contribution in [0.1, 0.15) is 6.92 Å². The van der Waals surface area contributed by atoms with Crippen molar-refractivity contribution >= 4 is 23.5 Å². The predicted octanol–water partition coefficient (Wildman–Crippen LogP) is 1.63. The van der Waals surface area contributed by atoms with Gasteiger partial charge in [-0.05, 0) is 31.2 Å². The van der Waals surface area contributed by atoms with E-state index in [1.807, 2.05) is 24.3 Å². The number of halogens is 1. The molecule has 1 aliphatic rings. The van der Waals surface area contributed by atoms with Crippen molar-refractivity contribution in [3.63, 3.8) is 0 Å². The van der Waals surface area contributed by atoms with Gasteiger partial charge in [0.15, 0.2) is 0 Å². The number of aromatic nitrogens is 3. The highest BCUT2D eigenvalue weighted by Gasteiger charge is 2.21. The maximum Gasteiger partial charge on any atom is 0.241 e. The van der Waals surface area contributed by atoms with Crippen molar-refractivity contribution in [1.29, 1.82) is 0 Å². The molecule has 0 radical (unpaired) electrons. The number of nitrogens with two attached hydrogens (primary N) is 1. The molecule has 0 saturated carbocycles. The number of piperazine rings is 1. The molecular formula is C15H21ClN6O. The zero-order valence-corrected chi connectivity index (χ0v) is 13.8. The highest BCUT2D eigenvalue weighted by atomic mass is 35.5. The molecule has 23 heavy (non-hydrogen) atoms. The summed E-state index contributed by atoms with van der Waals surface area (Å²) in [6.45, 7) is 6.65. The summed E-state index contributed by atoms with van der Waals surface area (Å²) < 4.78 is 5.93. The number of hydrogen-bond donors (Lipinski definition) is 2. The van der Waals surface area contributed by atoms with Gasteiger partial charge in [-0.25, -0.2) is 5.10 Å². The van der Waals surface area contributed by atoms with E-state index in [4.69, 9.17) is 22.1 Å². The van der Waals surface area contributed by atoms with Crippen LogP contribution >= 0.6 is 11.6 Å². The molecule has 7 nitrogen and oxygen atoms in total. The SMILES string of the molecule is C[C@@H](CN1CCN(c2nc(N)n[nH]2)CC1)Oc1ccc(Cl)cc1. The van der Waals surface area contributed by atoms with Crippen LogP contribution in [0.5, 0.6) is 5.75 Å². The van der Waals surface area contributed by atoms with Crippen molar-refractivity contribution in [2.75, 3.05) is 43.4 Å². The monoisotopic (exact) mass is 336 g/mol. The van der Waals surface area contributed by atoms with Gasteiger partial charge in [0.25, 0.3) is 0 Å². The Kier molecular flexibility index (Phi) is 4.88. The first kappa shape index (κ1) is 15.9. The van der Waals surface area contributed by atoms with Crippen molar-refractivity contribution in [2.24, 2.45) is 0 Å². The summed E-state index contributed by atoms with van der Waals surface area (Å²) in [6, 6.07) is 7.47. The number of rotatable bonds is 5. The number of aromatic amines is 1. The second kappa shape index (κ2) is 7.06. The minimum absolute atomic E-state index is 0.114. The largest absolute Gasteiger partial charge is 0.489 e. The van der Waals surface area contributed by atoms with Gasteiger partial charge in [0.2, 0.25) is 11.9 Å². The number of nitrogens with one attached hydrogen (secondary N) is 1. The van der Waals surface area contributed by atoms with Crippen molar-refractivity contribution in [1.82, 2.24) is 20.1 Å². The second-order valence-corrected chi connectivity index (χ2v) is 6.12. The summed E-state index contributed by atoms with van der Waals surface area (Å²) in [7, 11) is 0. The highest BCUT2D eigenvalue weighted by molar-refractivity contribution is 6.30. The van der Waals surface area contributed by atoms with E-state index in [1.165, 1.54) is 0 Å². The molecule has 1 aliphatic heterocycles. The number of benzene rings is 1. The van der Waals surface area contributed by atoms with Gasteiger partial charge < -0.3 is 15.4 Å².